The van der Waals surface area contributed by atoms with Crippen LogP contribution in [0.5, 0.6) is 0 Å². The Balaban J connectivity index is 5.55. The minimum atomic E-state index is -1.40. The van der Waals surface area contributed by atoms with E-state index in [4.69, 9.17) is 13.2 Å². The molecule has 0 rings (SSSR count). The van der Waals surface area contributed by atoms with Crippen molar-refractivity contribution in [1.82, 2.24) is 0 Å². The summed E-state index contributed by atoms with van der Waals surface area (Å²) < 4.78 is 14.7. The van der Waals surface area contributed by atoms with E-state index < -0.39 is 24.1 Å². The molecule has 0 radical (unpaired) electrons. The molecule has 0 atom stereocenters. The molecule has 3 nitrogen and oxygen atoms in total. The van der Waals surface area contributed by atoms with Crippen molar-refractivity contribution < 1.29 is 0 Å². The predicted molar refractivity (Wildman–Crippen MR) is 88.7 cm³/mol. The van der Waals surface area contributed by atoms with Crippen LogP contribution in [-0.2, 0) is 0 Å². The quantitative estimate of drug-likeness (QED) is 0.519. The van der Waals surface area contributed by atoms with Crippen LogP contribution < -0.4 is 0 Å². The molecule has 0 amide bonds. The molecule has 0 aliphatic rings. The topological polar surface area (TPSA) is 37.1 Å². The number of hydrogen-bond acceptors (Lipinski definition) is 2. The Hall–Kier alpha value is 0.568. The maximum atomic E-state index is 4.93. The van der Waals surface area contributed by atoms with Gasteiger partial charge in [0.25, 0.3) is 0 Å². The third-order valence-corrected chi connectivity index (χ3v) is 13.5. The summed E-state index contributed by atoms with van der Waals surface area (Å²) in [6.07, 6.45) is 0. The summed E-state index contributed by atoms with van der Waals surface area (Å²) in [7, 11) is -3.01. The Morgan fingerprint density at radius 1 is 1.00 bits per heavy atom. The lowest BCUT2D eigenvalue weighted by Gasteiger charge is -2.10. The predicted octanol–water partition coefficient (Wildman–Crippen LogP) is 4.95. The molecule has 0 unspecified atom stereocenters. The zero-order chi connectivity index (χ0) is 13.7. The van der Waals surface area contributed by atoms with Crippen LogP contribution in [0.15, 0.2) is 13.2 Å². The van der Waals surface area contributed by atoms with Gasteiger partial charge in [-0.05, 0) is 45.3 Å². The SMILES string of the molecule is CC[Si](C)=[Si]=NP(=N[Si](C)(C)C)=N[Si](C)(C)C. The molecule has 0 aliphatic heterocycles. The van der Waals surface area contributed by atoms with Crippen molar-refractivity contribution in [2.75, 3.05) is 0 Å². The van der Waals surface area contributed by atoms with E-state index in [0.717, 1.165) is 8.41 Å². The molecule has 0 spiro atoms. The highest BCUT2D eigenvalue weighted by atomic mass is 31.1. The molecular weight excluding hydrogens is 293 g/mol. The van der Waals surface area contributed by atoms with E-state index in [1.54, 1.807) is 0 Å². The van der Waals surface area contributed by atoms with Crippen LogP contribution in [0, 0.1) is 0 Å². The third kappa shape index (κ3) is 11.4. The first-order valence-corrected chi connectivity index (χ1v) is 18.3. The number of rotatable bonds is 4. The van der Waals surface area contributed by atoms with Crippen molar-refractivity contribution in [3.63, 3.8) is 0 Å². The Bertz CT molecular complexity index is 383. The Kier molecular flexibility index (Phi) is 7.47. The first kappa shape index (κ1) is 17.6. The summed E-state index contributed by atoms with van der Waals surface area (Å²) in [6.45, 7) is 18.3. The molecule has 0 aliphatic carbocycles. The summed E-state index contributed by atoms with van der Waals surface area (Å²) in [4.78, 5) is 0. The second-order valence-electron chi connectivity index (χ2n) is 6.16. The molecule has 0 aromatic rings. The summed E-state index contributed by atoms with van der Waals surface area (Å²) >= 11 is 0. The fraction of sp³-hybridized carbons (Fsp3) is 1.00. The molecule has 0 fully saturated rings. The van der Waals surface area contributed by atoms with Crippen molar-refractivity contribution in [2.24, 2.45) is 13.2 Å². The largest absolute Gasteiger partial charge is 0.278 e. The molecular formula is C9H26N3PSi4. The van der Waals surface area contributed by atoms with E-state index in [2.05, 4.69) is 52.8 Å². The van der Waals surface area contributed by atoms with E-state index in [1.807, 2.05) is 0 Å². The minimum Gasteiger partial charge on any atom is -0.278 e. The van der Waals surface area contributed by atoms with E-state index in [1.165, 1.54) is 6.04 Å². The van der Waals surface area contributed by atoms with Gasteiger partial charge >= 0.3 is 0 Å². The van der Waals surface area contributed by atoms with Crippen LogP contribution >= 0.6 is 7.66 Å². The molecule has 0 saturated carbocycles. The highest BCUT2D eigenvalue weighted by Gasteiger charge is 2.14. The first-order valence-electron chi connectivity index (χ1n) is 6.08. The maximum Gasteiger partial charge on any atom is 0.181 e. The monoisotopic (exact) mass is 319 g/mol. The maximum absolute atomic E-state index is 4.93. The van der Waals surface area contributed by atoms with Gasteiger partial charge in [-0.1, -0.05) is 13.5 Å². The average molecular weight is 320 g/mol. The van der Waals surface area contributed by atoms with Gasteiger partial charge in [-0.2, -0.15) is 0 Å². The van der Waals surface area contributed by atoms with Gasteiger partial charge in [0, 0.05) is 0 Å². The zero-order valence-electron chi connectivity index (χ0n) is 12.5. The van der Waals surface area contributed by atoms with Crippen molar-refractivity contribution in [3.8, 4) is 0 Å². The summed E-state index contributed by atoms with van der Waals surface area (Å²) in [5, 5.41) is 0. The second kappa shape index (κ2) is 7.23. The van der Waals surface area contributed by atoms with Crippen LogP contribution in [0.25, 0.3) is 0 Å². The minimum absolute atomic E-state index is 0.245. The molecule has 0 bridgehead atoms. The van der Waals surface area contributed by atoms with Crippen LogP contribution in [0.3, 0.4) is 0 Å². The molecule has 0 aromatic heterocycles. The third-order valence-electron chi connectivity index (χ3n) is 1.64. The lowest BCUT2D eigenvalue weighted by Crippen LogP contribution is -2.16. The highest BCUT2D eigenvalue weighted by molar-refractivity contribution is 7.39. The molecule has 0 N–H and O–H groups in total. The van der Waals surface area contributed by atoms with Gasteiger partial charge in [0.1, 0.15) is 0 Å². The van der Waals surface area contributed by atoms with Gasteiger partial charge in [0.15, 0.2) is 24.1 Å². The van der Waals surface area contributed by atoms with E-state index >= 15 is 0 Å². The molecule has 0 saturated heterocycles. The van der Waals surface area contributed by atoms with Gasteiger partial charge in [0.2, 0.25) is 0 Å². The Labute approximate surface area is 112 Å². The van der Waals surface area contributed by atoms with Crippen LogP contribution in [0.2, 0.25) is 51.9 Å². The lowest BCUT2D eigenvalue weighted by molar-refractivity contribution is 1.45. The van der Waals surface area contributed by atoms with E-state index in [0.29, 0.717) is 0 Å². The molecule has 98 valence electrons. The van der Waals surface area contributed by atoms with Crippen molar-refractivity contribution in [1.29, 1.82) is 0 Å². The smallest absolute Gasteiger partial charge is 0.181 e. The van der Waals surface area contributed by atoms with Crippen LogP contribution in [0.1, 0.15) is 6.92 Å². The summed E-state index contributed by atoms with van der Waals surface area (Å²) in [6, 6.07) is 1.30. The first-order chi connectivity index (χ1) is 7.53. The average Bonchev–Trinajstić information content (AvgIpc) is 2.08. The molecule has 0 aromatic carbocycles. The van der Waals surface area contributed by atoms with E-state index in [-0.39, 0.29) is 7.89 Å². The summed E-state index contributed by atoms with van der Waals surface area (Å²) in [5.41, 5.74) is 0. The van der Waals surface area contributed by atoms with Gasteiger partial charge < -0.3 is 0 Å². The number of nitrogens with zero attached hydrogens (tertiary/aromatic N) is 3. The van der Waals surface area contributed by atoms with Gasteiger partial charge in [-0.25, -0.2) is 4.40 Å². The Morgan fingerprint density at radius 3 is 1.71 bits per heavy atom. The lowest BCUT2D eigenvalue weighted by atomic mass is 11.0. The number of hydrogen-bond donors (Lipinski definition) is 0. The fourth-order valence-corrected chi connectivity index (χ4v) is 10.9. The normalized spacial score (nSPS) is 13.5. The van der Waals surface area contributed by atoms with Crippen LogP contribution in [0.4, 0.5) is 0 Å². The van der Waals surface area contributed by atoms with Crippen LogP contribution in [-0.4, -0.2) is 32.8 Å². The second-order valence-corrected chi connectivity index (χ2v) is 23.5. The Morgan fingerprint density at radius 2 is 1.41 bits per heavy atom. The molecule has 8 heteroatoms. The zero-order valence-corrected chi connectivity index (χ0v) is 17.4. The highest BCUT2D eigenvalue weighted by Crippen LogP contribution is 2.25. The van der Waals surface area contributed by atoms with Gasteiger partial charge in [-0.3, -0.25) is 8.82 Å². The van der Waals surface area contributed by atoms with Crippen molar-refractivity contribution in [2.45, 2.75) is 58.8 Å². The molecule has 17 heavy (non-hydrogen) atoms. The van der Waals surface area contributed by atoms with E-state index in [9.17, 15) is 0 Å². The van der Waals surface area contributed by atoms with Crippen molar-refractivity contribution in [3.05, 3.63) is 0 Å². The molecule has 0 heterocycles. The van der Waals surface area contributed by atoms with Gasteiger partial charge in [-0.15, -0.1) is 0 Å². The standard InChI is InChI=1S/C9H26N3PSi4/c1-9-15(2)14-10-13(11-16(3,4)5)12-17(6,7)8/h9H2,1-8H3. The van der Waals surface area contributed by atoms with Crippen molar-refractivity contribution >= 4 is 40.4 Å². The summed E-state index contributed by atoms with van der Waals surface area (Å²) in [5.74, 6) is 0. The fourth-order valence-electron chi connectivity index (χ4n) is 0.813. The van der Waals surface area contributed by atoms with Gasteiger partial charge in [0.05, 0.1) is 16.3 Å².